The molecule has 1 fully saturated rings. The van der Waals surface area contributed by atoms with Crippen LogP contribution in [0, 0.1) is 0 Å². The van der Waals surface area contributed by atoms with Crippen molar-refractivity contribution in [2.45, 2.75) is 44.1 Å². The monoisotopic (exact) mass is 457 g/mol. The minimum absolute atomic E-state index is 0.149. The average molecular weight is 458 g/mol. The van der Waals surface area contributed by atoms with Gasteiger partial charge in [-0.3, -0.25) is 14.4 Å². The lowest BCUT2D eigenvalue weighted by molar-refractivity contribution is -0.119. The average Bonchev–Trinajstić information content (AvgIpc) is 2.77. The van der Waals surface area contributed by atoms with E-state index < -0.39 is 5.91 Å². The molecule has 0 bridgehead atoms. The molecule has 1 heterocycles. The van der Waals surface area contributed by atoms with Crippen LogP contribution in [-0.2, 0) is 15.0 Å². The molecule has 1 aromatic carbocycles. The predicted octanol–water partition coefficient (Wildman–Crippen LogP) is 2.46. The smallest absolute Gasteiger partial charge is 0.256 e. The molecule has 32 heavy (non-hydrogen) atoms. The van der Waals surface area contributed by atoms with Crippen molar-refractivity contribution < 1.29 is 14.4 Å². The van der Waals surface area contributed by atoms with Crippen LogP contribution in [0.3, 0.4) is 0 Å². The number of aromatic nitrogens is 1. The van der Waals surface area contributed by atoms with Gasteiger partial charge in [0.15, 0.2) is 0 Å². The van der Waals surface area contributed by atoms with E-state index in [0.717, 1.165) is 18.4 Å². The van der Waals surface area contributed by atoms with Gasteiger partial charge in [-0.25, -0.2) is 4.98 Å². The molecule has 1 aliphatic carbocycles. The van der Waals surface area contributed by atoms with Crippen LogP contribution in [-0.4, -0.2) is 46.7 Å². The highest BCUT2D eigenvalue weighted by Crippen LogP contribution is 2.41. The zero-order valence-electron chi connectivity index (χ0n) is 18.0. The highest BCUT2D eigenvalue weighted by atomic mass is 35.5. The largest absolute Gasteiger partial charge is 0.368 e. The van der Waals surface area contributed by atoms with E-state index in [1.165, 1.54) is 18.0 Å². The summed E-state index contributed by atoms with van der Waals surface area (Å²) in [5.74, 6) is -0.801. The van der Waals surface area contributed by atoms with Crippen molar-refractivity contribution in [3.8, 4) is 0 Å². The van der Waals surface area contributed by atoms with Gasteiger partial charge in [-0.2, -0.15) is 0 Å². The van der Waals surface area contributed by atoms with Gasteiger partial charge in [-0.05, 0) is 55.5 Å². The van der Waals surface area contributed by atoms with Gasteiger partial charge in [-0.1, -0.05) is 23.7 Å². The minimum atomic E-state index is -0.577. The lowest BCUT2D eigenvalue weighted by Crippen LogP contribution is -2.50. The molecule has 2 aromatic rings. The van der Waals surface area contributed by atoms with Gasteiger partial charge in [0.25, 0.3) is 5.91 Å². The molecular formula is C23H28ClN5O3. The molecule has 1 aromatic heterocycles. The molecular weight excluding hydrogens is 430 g/mol. The SMILES string of the molecule is CC(=O)Nc1ccc(C(=O)N(CC(N)=O)C2CCC(CN)(c3cccc(Cl)c3)CC2)cn1. The summed E-state index contributed by atoms with van der Waals surface area (Å²) in [6.45, 7) is 1.67. The van der Waals surface area contributed by atoms with Crippen LogP contribution >= 0.6 is 11.6 Å². The molecule has 9 heteroatoms. The number of nitrogens with one attached hydrogen (secondary N) is 1. The Bertz CT molecular complexity index is 987. The van der Waals surface area contributed by atoms with Gasteiger partial charge in [0.2, 0.25) is 11.8 Å². The maximum absolute atomic E-state index is 13.2. The standard InChI is InChI=1S/C23H28ClN5O3/c1-15(30)28-21-6-5-16(12-27-21)22(32)29(13-20(26)31)19-7-9-23(14-25,10-8-19)17-3-2-4-18(24)11-17/h2-6,11-12,19H,7-10,13-14,25H2,1H3,(H2,26,31)(H,27,28,30). The summed E-state index contributed by atoms with van der Waals surface area (Å²) in [5, 5.41) is 3.23. The lowest BCUT2D eigenvalue weighted by Gasteiger charge is -2.43. The van der Waals surface area contributed by atoms with Gasteiger partial charge < -0.3 is 21.7 Å². The van der Waals surface area contributed by atoms with E-state index in [4.69, 9.17) is 23.1 Å². The van der Waals surface area contributed by atoms with Crippen LogP contribution in [0.15, 0.2) is 42.6 Å². The van der Waals surface area contributed by atoms with Crippen LogP contribution in [0.4, 0.5) is 5.82 Å². The number of anilines is 1. The Balaban J connectivity index is 1.77. The maximum Gasteiger partial charge on any atom is 0.256 e. The van der Waals surface area contributed by atoms with Gasteiger partial charge in [-0.15, -0.1) is 0 Å². The fraction of sp³-hybridized carbons (Fsp3) is 0.391. The number of hydrogen-bond donors (Lipinski definition) is 3. The van der Waals surface area contributed by atoms with Crippen LogP contribution in [0.2, 0.25) is 5.02 Å². The number of nitrogens with two attached hydrogens (primary N) is 2. The summed E-state index contributed by atoms with van der Waals surface area (Å²) < 4.78 is 0. The third-order valence-corrected chi connectivity index (χ3v) is 6.32. The van der Waals surface area contributed by atoms with E-state index in [0.29, 0.717) is 35.8 Å². The van der Waals surface area contributed by atoms with Crippen molar-refractivity contribution in [2.75, 3.05) is 18.4 Å². The topological polar surface area (TPSA) is 131 Å². The molecule has 170 valence electrons. The summed E-state index contributed by atoms with van der Waals surface area (Å²) in [4.78, 5) is 41.7. The van der Waals surface area contributed by atoms with Crippen LogP contribution in [0.25, 0.3) is 0 Å². The van der Waals surface area contributed by atoms with E-state index in [-0.39, 0.29) is 29.8 Å². The molecule has 8 nitrogen and oxygen atoms in total. The lowest BCUT2D eigenvalue weighted by atomic mass is 9.68. The second-order valence-electron chi connectivity index (χ2n) is 8.24. The van der Waals surface area contributed by atoms with Crippen molar-refractivity contribution >= 4 is 35.1 Å². The Kier molecular flexibility index (Phi) is 7.48. The number of halogens is 1. The zero-order valence-corrected chi connectivity index (χ0v) is 18.8. The second-order valence-corrected chi connectivity index (χ2v) is 8.68. The summed E-state index contributed by atoms with van der Waals surface area (Å²) >= 11 is 6.19. The maximum atomic E-state index is 13.2. The van der Waals surface area contributed by atoms with Crippen molar-refractivity contribution in [2.24, 2.45) is 11.5 Å². The quantitative estimate of drug-likeness (QED) is 0.587. The number of rotatable bonds is 7. The minimum Gasteiger partial charge on any atom is -0.368 e. The van der Waals surface area contributed by atoms with Crippen molar-refractivity contribution in [1.82, 2.24) is 9.88 Å². The number of pyridine rings is 1. The molecule has 3 rings (SSSR count). The third kappa shape index (κ3) is 5.44. The molecule has 0 unspecified atom stereocenters. The normalized spacial score (nSPS) is 20.4. The van der Waals surface area contributed by atoms with Crippen LogP contribution < -0.4 is 16.8 Å². The molecule has 0 atom stereocenters. The number of hydrogen-bond acceptors (Lipinski definition) is 5. The first-order valence-corrected chi connectivity index (χ1v) is 10.9. The number of primary amides is 1. The summed E-state index contributed by atoms with van der Waals surface area (Å²) in [6.07, 6.45) is 4.27. The van der Waals surface area contributed by atoms with Gasteiger partial charge in [0, 0.05) is 36.1 Å². The first kappa shape index (κ1) is 23.7. The van der Waals surface area contributed by atoms with E-state index in [1.807, 2.05) is 24.3 Å². The van der Waals surface area contributed by atoms with Crippen molar-refractivity contribution in [1.29, 1.82) is 0 Å². The molecule has 1 saturated carbocycles. The Hall–Kier alpha value is -2.97. The van der Waals surface area contributed by atoms with E-state index in [2.05, 4.69) is 10.3 Å². The molecule has 1 aliphatic rings. The predicted molar refractivity (Wildman–Crippen MR) is 123 cm³/mol. The molecule has 0 aliphatic heterocycles. The second kappa shape index (κ2) is 10.1. The first-order chi connectivity index (χ1) is 15.2. The van der Waals surface area contributed by atoms with Crippen molar-refractivity contribution in [3.63, 3.8) is 0 Å². The summed E-state index contributed by atoms with van der Waals surface area (Å²) in [5.41, 5.74) is 12.8. The van der Waals surface area contributed by atoms with Crippen molar-refractivity contribution in [3.05, 3.63) is 58.7 Å². The van der Waals surface area contributed by atoms with E-state index in [9.17, 15) is 14.4 Å². The number of carbonyl (C=O) groups excluding carboxylic acids is 3. The molecule has 0 saturated heterocycles. The zero-order chi connectivity index (χ0) is 23.3. The highest BCUT2D eigenvalue weighted by Gasteiger charge is 2.39. The Morgan fingerprint density at radius 2 is 1.94 bits per heavy atom. The Morgan fingerprint density at radius 3 is 2.47 bits per heavy atom. The fourth-order valence-corrected chi connectivity index (χ4v) is 4.56. The number of benzene rings is 1. The Morgan fingerprint density at radius 1 is 1.22 bits per heavy atom. The Labute approximate surface area is 192 Å². The number of amides is 3. The number of carbonyl (C=O) groups is 3. The van der Waals surface area contributed by atoms with Gasteiger partial charge in [0.05, 0.1) is 12.1 Å². The molecule has 5 N–H and O–H groups in total. The van der Waals surface area contributed by atoms with Gasteiger partial charge in [0.1, 0.15) is 5.82 Å². The number of nitrogens with zero attached hydrogens (tertiary/aromatic N) is 2. The van der Waals surface area contributed by atoms with E-state index >= 15 is 0 Å². The third-order valence-electron chi connectivity index (χ3n) is 6.08. The van der Waals surface area contributed by atoms with Gasteiger partial charge >= 0.3 is 0 Å². The summed E-state index contributed by atoms with van der Waals surface area (Å²) in [6, 6.07) is 10.7. The van der Waals surface area contributed by atoms with E-state index in [1.54, 1.807) is 12.1 Å². The highest BCUT2D eigenvalue weighted by molar-refractivity contribution is 6.30. The molecule has 3 amide bonds. The fourth-order valence-electron chi connectivity index (χ4n) is 4.37. The van der Waals surface area contributed by atoms with Crippen LogP contribution in [0.5, 0.6) is 0 Å². The first-order valence-electron chi connectivity index (χ1n) is 10.5. The molecule has 0 radical (unpaired) electrons. The molecule has 0 spiro atoms. The summed E-state index contributed by atoms with van der Waals surface area (Å²) in [7, 11) is 0. The van der Waals surface area contributed by atoms with Crippen LogP contribution in [0.1, 0.15) is 48.5 Å².